The zero-order valence-electron chi connectivity index (χ0n) is 8.98. The van der Waals surface area contributed by atoms with E-state index in [4.69, 9.17) is 0 Å². The highest BCUT2D eigenvalue weighted by atomic mass is 15.3. The van der Waals surface area contributed by atoms with Crippen molar-refractivity contribution in [3.63, 3.8) is 0 Å². The number of hydrogen-bond acceptors (Lipinski definition) is 4. The molecule has 0 spiro atoms. The van der Waals surface area contributed by atoms with Crippen LogP contribution in [0.25, 0.3) is 0 Å². The maximum Gasteiger partial charge on any atom is 0.150 e. The van der Waals surface area contributed by atoms with Crippen LogP contribution >= 0.6 is 0 Å². The van der Waals surface area contributed by atoms with Gasteiger partial charge in [0.2, 0.25) is 0 Å². The van der Waals surface area contributed by atoms with Gasteiger partial charge in [0.25, 0.3) is 0 Å². The van der Waals surface area contributed by atoms with Crippen LogP contribution in [0.3, 0.4) is 0 Å². The van der Waals surface area contributed by atoms with Crippen molar-refractivity contribution < 1.29 is 0 Å². The Balaban J connectivity index is 1.91. The summed E-state index contributed by atoms with van der Waals surface area (Å²) in [5, 5.41) is 3.45. The first-order valence-corrected chi connectivity index (χ1v) is 5.61. The van der Waals surface area contributed by atoms with E-state index in [9.17, 15) is 0 Å². The second kappa shape index (κ2) is 3.45. The van der Waals surface area contributed by atoms with E-state index in [2.05, 4.69) is 20.2 Å². The van der Waals surface area contributed by atoms with Gasteiger partial charge in [-0.1, -0.05) is 0 Å². The molecule has 0 aromatic carbocycles. The zero-order chi connectivity index (χ0) is 10.3. The van der Waals surface area contributed by atoms with Gasteiger partial charge in [0.1, 0.15) is 5.82 Å². The van der Waals surface area contributed by atoms with Gasteiger partial charge in [-0.05, 0) is 19.3 Å². The lowest BCUT2D eigenvalue weighted by Gasteiger charge is -2.25. The van der Waals surface area contributed by atoms with Crippen molar-refractivity contribution in [2.24, 2.45) is 5.92 Å². The van der Waals surface area contributed by atoms with Gasteiger partial charge in [0, 0.05) is 38.1 Å². The van der Waals surface area contributed by atoms with Crippen molar-refractivity contribution in [2.75, 3.05) is 24.5 Å². The van der Waals surface area contributed by atoms with Gasteiger partial charge in [0.15, 0.2) is 0 Å². The van der Waals surface area contributed by atoms with Crippen molar-refractivity contribution in [3.8, 4) is 0 Å². The van der Waals surface area contributed by atoms with Crippen LogP contribution < -0.4 is 10.2 Å². The number of hydrogen-bond donors (Lipinski definition) is 1. The maximum absolute atomic E-state index is 4.46. The molecule has 1 N–H and O–H groups in total. The van der Waals surface area contributed by atoms with Crippen molar-refractivity contribution in [3.05, 3.63) is 18.1 Å². The molecular weight excluding hydrogens is 188 g/mol. The van der Waals surface area contributed by atoms with Gasteiger partial charge in [-0.2, -0.15) is 0 Å². The molecule has 0 saturated carbocycles. The van der Waals surface area contributed by atoms with E-state index in [1.165, 1.54) is 13.0 Å². The lowest BCUT2D eigenvalue weighted by molar-refractivity contribution is 0.577. The van der Waals surface area contributed by atoms with Crippen molar-refractivity contribution >= 4 is 5.82 Å². The fraction of sp³-hybridized carbons (Fsp3) is 0.636. The third kappa shape index (κ3) is 1.40. The molecule has 2 fully saturated rings. The Kier molecular flexibility index (Phi) is 2.09. The van der Waals surface area contributed by atoms with E-state index in [-0.39, 0.29) is 0 Å². The van der Waals surface area contributed by atoms with Gasteiger partial charge in [-0.3, -0.25) is 4.98 Å². The van der Waals surface area contributed by atoms with Crippen LogP contribution in [0, 0.1) is 12.8 Å². The molecule has 2 aliphatic heterocycles. The minimum Gasteiger partial charge on any atom is -0.351 e. The number of nitrogens with one attached hydrogen (secondary N) is 1. The van der Waals surface area contributed by atoms with E-state index in [0.29, 0.717) is 6.04 Å². The Labute approximate surface area is 89.7 Å². The van der Waals surface area contributed by atoms with Gasteiger partial charge in [-0.15, -0.1) is 0 Å². The largest absolute Gasteiger partial charge is 0.351 e. The van der Waals surface area contributed by atoms with Crippen LogP contribution in [0.5, 0.6) is 0 Å². The van der Waals surface area contributed by atoms with E-state index in [1.54, 1.807) is 12.4 Å². The first kappa shape index (κ1) is 9.09. The summed E-state index contributed by atoms with van der Waals surface area (Å²) in [5.41, 5.74) is 1.05. The molecule has 2 atom stereocenters. The number of aromatic nitrogens is 2. The highest BCUT2D eigenvalue weighted by Crippen LogP contribution is 2.31. The Morgan fingerprint density at radius 1 is 1.33 bits per heavy atom. The van der Waals surface area contributed by atoms with E-state index >= 15 is 0 Å². The minimum absolute atomic E-state index is 0.639. The molecule has 0 radical (unpaired) electrons. The first-order valence-electron chi connectivity index (χ1n) is 5.61. The fourth-order valence-electron chi connectivity index (χ4n) is 2.79. The van der Waals surface area contributed by atoms with Crippen LogP contribution in [-0.4, -0.2) is 35.6 Å². The molecular formula is C11H16N4. The Hall–Kier alpha value is -1.16. The van der Waals surface area contributed by atoms with E-state index in [0.717, 1.165) is 30.5 Å². The Morgan fingerprint density at radius 2 is 2.20 bits per heavy atom. The monoisotopic (exact) mass is 204 g/mol. The summed E-state index contributed by atoms with van der Waals surface area (Å²) in [6, 6.07) is 0.639. The lowest BCUT2D eigenvalue weighted by Crippen LogP contribution is -2.35. The predicted molar refractivity (Wildman–Crippen MR) is 58.9 cm³/mol. The van der Waals surface area contributed by atoms with Crippen molar-refractivity contribution in [1.82, 2.24) is 15.3 Å². The summed E-state index contributed by atoms with van der Waals surface area (Å²) in [6.45, 7) is 5.44. The number of rotatable bonds is 1. The summed E-state index contributed by atoms with van der Waals surface area (Å²) in [6.07, 6.45) is 4.84. The highest BCUT2D eigenvalue weighted by molar-refractivity contribution is 5.45. The van der Waals surface area contributed by atoms with Gasteiger partial charge >= 0.3 is 0 Å². The molecule has 0 bridgehead atoms. The quantitative estimate of drug-likeness (QED) is 0.726. The second-order valence-electron chi connectivity index (χ2n) is 4.43. The summed E-state index contributed by atoms with van der Waals surface area (Å²) in [7, 11) is 0. The smallest absolute Gasteiger partial charge is 0.150 e. The van der Waals surface area contributed by atoms with Crippen molar-refractivity contribution in [1.29, 1.82) is 0 Å². The average molecular weight is 204 g/mol. The minimum atomic E-state index is 0.639. The Morgan fingerprint density at radius 3 is 3.07 bits per heavy atom. The molecule has 80 valence electrons. The molecule has 3 rings (SSSR count). The number of fused-ring (bicyclic) bond motifs is 1. The number of anilines is 1. The third-order valence-electron chi connectivity index (χ3n) is 3.57. The van der Waals surface area contributed by atoms with Gasteiger partial charge in [-0.25, -0.2) is 4.98 Å². The summed E-state index contributed by atoms with van der Waals surface area (Å²) >= 11 is 0. The first-order chi connectivity index (χ1) is 7.36. The van der Waals surface area contributed by atoms with Crippen molar-refractivity contribution in [2.45, 2.75) is 19.4 Å². The van der Waals surface area contributed by atoms with E-state index in [1.807, 2.05) is 6.92 Å². The number of nitrogens with zero attached hydrogens (tertiary/aromatic N) is 3. The highest BCUT2D eigenvalue weighted by Gasteiger charge is 2.38. The number of aryl methyl sites for hydroxylation is 1. The molecule has 0 unspecified atom stereocenters. The third-order valence-corrected chi connectivity index (χ3v) is 3.57. The molecule has 0 aliphatic carbocycles. The van der Waals surface area contributed by atoms with Crippen LogP contribution in [0.2, 0.25) is 0 Å². The molecule has 4 nitrogen and oxygen atoms in total. The van der Waals surface area contributed by atoms with Crippen LogP contribution in [-0.2, 0) is 0 Å². The molecule has 2 aliphatic rings. The molecule has 4 heteroatoms. The SMILES string of the molecule is Cc1nccnc1N1CC[C@H]2CNC[C@H]21. The van der Waals surface area contributed by atoms with Crippen LogP contribution in [0.4, 0.5) is 5.82 Å². The molecule has 3 heterocycles. The van der Waals surface area contributed by atoms with Gasteiger partial charge < -0.3 is 10.2 Å². The molecule has 1 aromatic heterocycles. The van der Waals surface area contributed by atoms with Gasteiger partial charge in [0.05, 0.1) is 5.69 Å². The second-order valence-corrected chi connectivity index (χ2v) is 4.43. The van der Waals surface area contributed by atoms with Crippen LogP contribution in [0.15, 0.2) is 12.4 Å². The predicted octanol–water partition coefficient (Wildman–Crippen LogP) is 0.583. The fourth-order valence-corrected chi connectivity index (χ4v) is 2.79. The standard InChI is InChI=1S/C11H16N4/c1-8-11(14-4-3-13-8)15-5-2-9-6-12-7-10(9)15/h3-4,9-10,12H,2,5-7H2,1H3/t9-,10+/m0/s1. The molecule has 15 heavy (non-hydrogen) atoms. The molecule has 2 saturated heterocycles. The van der Waals surface area contributed by atoms with E-state index < -0.39 is 0 Å². The molecule has 0 amide bonds. The zero-order valence-corrected chi connectivity index (χ0v) is 8.98. The Bertz CT molecular complexity index is 365. The summed E-state index contributed by atoms with van der Waals surface area (Å²) < 4.78 is 0. The maximum atomic E-state index is 4.46. The summed E-state index contributed by atoms with van der Waals surface area (Å²) in [5.74, 6) is 1.89. The molecule has 1 aromatic rings. The average Bonchev–Trinajstić information content (AvgIpc) is 2.80. The normalized spacial score (nSPS) is 29.5. The topological polar surface area (TPSA) is 41.1 Å². The summed E-state index contributed by atoms with van der Waals surface area (Å²) in [4.78, 5) is 11.2. The lowest BCUT2D eigenvalue weighted by atomic mass is 10.1. The van der Waals surface area contributed by atoms with Crippen LogP contribution in [0.1, 0.15) is 12.1 Å².